The molecule has 0 aromatic carbocycles. The maximum absolute atomic E-state index is 9.46. The van der Waals surface area contributed by atoms with Crippen LogP contribution in [-0.2, 0) is 0 Å². The van der Waals surface area contributed by atoms with Crippen molar-refractivity contribution in [2.24, 2.45) is 5.92 Å². The lowest BCUT2D eigenvalue weighted by Gasteiger charge is -2.45. The first-order valence-electron chi connectivity index (χ1n) is 5.38. The Bertz CT molecular complexity index is 257. The molecule has 3 nitrogen and oxygen atoms in total. The van der Waals surface area contributed by atoms with Gasteiger partial charge in [-0.3, -0.25) is 0 Å². The van der Waals surface area contributed by atoms with E-state index in [1.807, 2.05) is 13.8 Å². The van der Waals surface area contributed by atoms with Crippen LogP contribution < -0.4 is 0 Å². The van der Waals surface area contributed by atoms with Crippen molar-refractivity contribution >= 4 is 15.2 Å². The summed E-state index contributed by atoms with van der Waals surface area (Å²) in [6.45, 7) is 12.0. The Morgan fingerprint density at radius 2 is 1.60 bits per heavy atom. The molecule has 2 N–H and O–H groups in total. The highest BCUT2D eigenvalue weighted by Crippen LogP contribution is 2.54. The van der Waals surface area contributed by atoms with Gasteiger partial charge in [0.1, 0.15) is 0 Å². The van der Waals surface area contributed by atoms with Crippen LogP contribution in [0.2, 0.25) is 30.5 Å². The van der Waals surface area contributed by atoms with Crippen molar-refractivity contribution in [2.75, 3.05) is 0 Å². The second kappa shape index (κ2) is 4.69. The van der Waals surface area contributed by atoms with E-state index in [2.05, 4.69) is 25.7 Å². The van der Waals surface area contributed by atoms with Crippen LogP contribution in [0.3, 0.4) is 0 Å². The molecule has 0 saturated carbocycles. The summed E-state index contributed by atoms with van der Waals surface area (Å²) < 4.78 is 0. The Hall–Kier alpha value is -0.308. The van der Waals surface area contributed by atoms with Gasteiger partial charge in [-0.15, -0.1) is 0 Å². The number of nitriles is 1. The first-order valence-corrected chi connectivity index (χ1v) is 8.88. The Morgan fingerprint density at radius 3 is 1.67 bits per heavy atom. The Balaban J connectivity index is 5.49. The van der Waals surface area contributed by atoms with Crippen LogP contribution >= 0.6 is 0 Å². The van der Waals surface area contributed by atoms with Gasteiger partial charge in [-0.05, 0) is 5.92 Å². The minimum Gasteiger partial charge on any atom is -0.427 e. The standard InChI is InChI=1S/C10H22BNO2Si/c1-8(2)10(7-12,15(4,5)6)9(3)11(13)14/h8-9,13-14H,1-6H3. The molecule has 15 heavy (non-hydrogen) atoms. The van der Waals surface area contributed by atoms with Gasteiger partial charge in [0, 0.05) is 5.82 Å². The summed E-state index contributed by atoms with van der Waals surface area (Å²) in [6, 6.07) is 2.38. The van der Waals surface area contributed by atoms with Crippen molar-refractivity contribution < 1.29 is 10.0 Å². The molecule has 0 radical (unpaired) electrons. The van der Waals surface area contributed by atoms with Crippen molar-refractivity contribution in [3.63, 3.8) is 0 Å². The first-order chi connectivity index (χ1) is 6.61. The first kappa shape index (κ1) is 14.7. The molecular formula is C10H22BNO2Si. The highest BCUT2D eigenvalue weighted by molar-refractivity contribution is 6.81. The van der Waals surface area contributed by atoms with Gasteiger partial charge in [0.05, 0.1) is 19.2 Å². The third kappa shape index (κ3) is 2.44. The predicted molar refractivity (Wildman–Crippen MR) is 66.1 cm³/mol. The van der Waals surface area contributed by atoms with Gasteiger partial charge in [0.15, 0.2) is 0 Å². The summed E-state index contributed by atoms with van der Waals surface area (Å²) in [5.41, 5.74) is 0. The second-order valence-electron chi connectivity index (χ2n) is 5.59. The number of rotatable bonds is 4. The molecule has 0 aliphatic rings. The molecule has 0 aromatic rings. The van der Waals surface area contributed by atoms with Crippen LogP contribution in [0.5, 0.6) is 0 Å². The fraction of sp³-hybridized carbons (Fsp3) is 0.900. The lowest BCUT2D eigenvalue weighted by molar-refractivity contribution is 0.347. The average molecular weight is 227 g/mol. The molecule has 0 fully saturated rings. The highest BCUT2D eigenvalue weighted by atomic mass is 28.3. The molecule has 0 bridgehead atoms. The Kier molecular flexibility index (Phi) is 4.59. The van der Waals surface area contributed by atoms with Crippen molar-refractivity contribution in [1.82, 2.24) is 0 Å². The van der Waals surface area contributed by atoms with Crippen LogP contribution in [0, 0.1) is 17.2 Å². The molecule has 2 atom stereocenters. The molecule has 0 aliphatic heterocycles. The van der Waals surface area contributed by atoms with Gasteiger partial charge < -0.3 is 10.0 Å². The van der Waals surface area contributed by atoms with Gasteiger partial charge in [-0.1, -0.05) is 40.4 Å². The third-order valence-electron chi connectivity index (χ3n) is 3.50. The zero-order valence-electron chi connectivity index (χ0n) is 10.6. The largest absolute Gasteiger partial charge is 0.455 e. The van der Waals surface area contributed by atoms with Crippen LogP contribution in [0.25, 0.3) is 0 Å². The van der Waals surface area contributed by atoms with Gasteiger partial charge in [0.25, 0.3) is 0 Å². The molecule has 0 aliphatic carbocycles. The SMILES string of the molecule is CC(C)C(C#N)(C(C)B(O)O)[Si](C)(C)C. The molecule has 0 saturated heterocycles. The lowest BCUT2D eigenvalue weighted by Crippen LogP contribution is -2.48. The van der Waals surface area contributed by atoms with E-state index in [1.165, 1.54) is 0 Å². The van der Waals surface area contributed by atoms with E-state index < -0.39 is 26.0 Å². The van der Waals surface area contributed by atoms with Gasteiger partial charge in [-0.25, -0.2) is 0 Å². The van der Waals surface area contributed by atoms with E-state index in [1.54, 1.807) is 6.92 Å². The average Bonchev–Trinajstić information content (AvgIpc) is 2.02. The smallest absolute Gasteiger partial charge is 0.427 e. The van der Waals surface area contributed by atoms with Crippen LogP contribution in [0.4, 0.5) is 0 Å². The molecule has 5 heteroatoms. The van der Waals surface area contributed by atoms with E-state index in [-0.39, 0.29) is 5.92 Å². The molecule has 0 heterocycles. The van der Waals surface area contributed by atoms with Gasteiger partial charge >= 0.3 is 7.12 Å². The Labute approximate surface area is 94.3 Å². The molecule has 0 rings (SSSR count). The fourth-order valence-corrected chi connectivity index (χ4v) is 6.29. The third-order valence-corrected chi connectivity index (χ3v) is 7.13. The van der Waals surface area contributed by atoms with E-state index in [0.717, 1.165) is 0 Å². The highest BCUT2D eigenvalue weighted by Gasteiger charge is 2.53. The minimum atomic E-state index is -1.81. The second-order valence-corrected chi connectivity index (χ2v) is 10.9. The molecule has 86 valence electrons. The van der Waals surface area contributed by atoms with Gasteiger partial charge in [0.2, 0.25) is 0 Å². The van der Waals surface area contributed by atoms with Crippen LogP contribution in [0.1, 0.15) is 20.8 Å². The quantitative estimate of drug-likeness (QED) is 0.723. The number of hydrogen-bond acceptors (Lipinski definition) is 3. The van der Waals surface area contributed by atoms with Gasteiger partial charge in [-0.2, -0.15) is 5.26 Å². The van der Waals surface area contributed by atoms with Crippen molar-refractivity contribution in [1.29, 1.82) is 5.26 Å². The number of nitrogens with zero attached hydrogens (tertiary/aromatic N) is 1. The van der Waals surface area contributed by atoms with Crippen molar-refractivity contribution in [2.45, 2.75) is 51.3 Å². The normalized spacial score (nSPS) is 18.1. The minimum absolute atomic E-state index is 0.131. The molecular weight excluding hydrogens is 205 g/mol. The topological polar surface area (TPSA) is 64.2 Å². The maximum atomic E-state index is 9.46. The number of hydrogen-bond donors (Lipinski definition) is 2. The zero-order chi connectivity index (χ0) is 12.4. The summed E-state index contributed by atoms with van der Waals surface area (Å²) in [6.07, 6.45) is 0. The summed E-state index contributed by atoms with van der Waals surface area (Å²) >= 11 is 0. The fourth-order valence-electron chi connectivity index (χ4n) is 2.71. The van der Waals surface area contributed by atoms with E-state index in [0.29, 0.717) is 0 Å². The Morgan fingerprint density at radius 1 is 1.20 bits per heavy atom. The molecule has 0 aromatic heterocycles. The lowest BCUT2D eigenvalue weighted by atomic mass is 9.63. The maximum Gasteiger partial charge on any atom is 0.455 e. The van der Waals surface area contributed by atoms with E-state index in [4.69, 9.17) is 0 Å². The van der Waals surface area contributed by atoms with Crippen molar-refractivity contribution in [3.05, 3.63) is 0 Å². The monoisotopic (exact) mass is 227 g/mol. The van der Waals surface area contributed by atoms with E-state index in [9.17, 15) is 15.3 Å². The predicted octanol–water partition coefficient (Wildman–Crippen LogP) is 2.11. The van der Waals surface area contributed by atoms with Crippen LogP contribution in [0.15, 0.2) is 0 Å². The van der Waals surface area contributed by atoms with Crippen LogP contribution in [-0.4, -0.2) is 25.2 Å². The summed E-state index contributed by atoms with van der Waals surface area (Å²) in [5.74, 6) is -0.278. The summed E-state index contributed by atoms with van der Waals surface area (Å²) in [7, 11) is -3.22. The zero-order valence-corrected chi connectivity index (χ0v) is 11.6. The molecule has 0 spiro atoms. The molecule has 2 unspecified atom stereocenters. The summed E-state index contributed by atoms with van der Waals surface area (Å²) in [5, 5.41) is 27.5. The molecule has 0 amide bonds. The summed E-state index contributed by atoms with van der Waals surface area (Å²) in [4.78, 5) is 0. The van der Waals surface area contributed by atoms with Crippen molar-refractivity contribution in [3.8, 4) is 6.07 Å². The van der Waals surface area contributed by atoms with E-state index >= 15 is 0 Å².